The molecule has 0 aliphatic rings. The fourth-order valence-electron chi connectivity index (χ4n) is 1.20. The average Bonchev–Trinajstić information content (AvgIpc) is 2.46. The monoisotopic (exact) mass is 202 g/mol. The second-order valence-electron chi connectivity index (χ2n) is 2.89. The normalized spacial score (nSPS) is 10.7. The highest BCUT2D eigenvalue weighted by Gasteiger charge is 2.13. The van der Waals surface area contributed by atoms with Gasteiger partial charge in [0.1, 0.15) is 6.61 Å². The fraction of sp³-hybridized carbons (Fsp3) is 0.667. The highest BCUT2D eigenvalue weighted by molar-refractivity contribution is 7.09. The summed E-state index contributed by atoms with van der Waals surface area (Å²) in [5, 5.41) is 8.80. The summed E-state index contributed by atoms with van der Waals surface area (Å²) in [7, 11) is 1.71. The van der Waals surface area contributed by atoms with Gasteiger partial charge in [0.05, 0.1) is 4.88 Å². The molecule has 3 nitrogen and oxygen atoms in total. The van der Waals surface area contributed by atoms with Crippen molar-refractivity contribution in [3.63, 3.8) is 0 Å². The third-order valence-electron chi connectivity index (χ3n) is 2.03. The van der Waals surface area contributed by atoms with E-state index in [1.807, 2.05) is 0 Å². The number of aromatic nitrogens is 1. The van der Waals surface area contributed by atoms with Crippen molar-refractivity contribution in [3.05, 3.63) is 16.1 Å². The molecule has 1 rings (SSSR count). The standard InChI is InChI=1S/C9H16NO2S/c1-8-9(3-5-11)13-7-10(8)4-6-12-2/h7,11H,3-6H2,1-2H3/q+1. The van der Waals surface area contributed by atoms with E-state index in [1.165, 1.54) is 10.6 Å². The molecule has 4 heteroatoms. The lowest BCUT2D eigenvalue weighted by atomic mass is 10.3. The lowest BCUT2D eigenvalue weighted by Gasteiger charge is -1.95. The summed E-state index contributed by atoms with van der Waals surface area (Å²) in [6, 6.07) is 0. The zero-order valence-electron chi connectivity index (χ0n) is 8.12. The topological polar surface area (TPSA) is 33.3 Å². The molecule has 0 aliphatic heterocycles. The molecule has 0 amide bonds. The number of methoxy groups -OCH3 is 1. The summed E-state index contributed by atoms with van der Waals surface area (Å²) in [5.74, 6) is 0. The van der Waals surface area contributed by atoms with Gasteiger partial charge in [-0.3, -0.25) is 0 Å². The lowest BCUT2D eigenvalue weighted by Crippen LogP contribution is -2.36. The zero-order chi connectivity index (χ0) is 9.68. The van der Waals surface area contributed by atoms with Gasteiger partial charge in [-0.15, -0.1) is 0 Å². The van der Waals surface area contributed by atoms with Crippen LogP contribution in [0.2, 0.25) is 0 Å². The van der Waals surface area contributed by atoms with E-state index < -0.39 is 0 Å². The van der Waals surface area contributed by atoms with E-state index in [4.69, 9.17) is 9.84 Å². The predicted octanol–water partition coefficient (Wildman–Crippen LogP) is 0.525. The third kappa shape index (κ3) is 2.76. The Labute approximate surface area is 82.6 Å². The van der Waals surface area contributed by atoms with Gasteiger partial charge in [-0.05, 0) is 0 Å². The minimum atomic E-state index is 0.228. The molecule has 1 heterocycles. The van der Waals surface area contributed by atoms with Crippen molar-refractivity contribution in [3.8, 4) is 0 Å². The number of aliphatic hydroxyl groups is 1. The van der Waals surface area contributed by atoms with Gasteiger partial charge in [-0.25, -0.2) is 0 Å². The van der Waals surface area contributed by atoms with Crippen molar-refractivity contribution in [1.29, 1.82) is 0 Å². The quantitative estimate of drug-likeness (QED) is 0.706. The van der Waals surface area contributed by atoms with Gasteiger partial charge in [-0.2, -0.15) is 4.57 Å². The Hall–Kier alpha value is -0.450. The number of nitrogens with zero attached hydrogens (tertiary/aromatic N) is 1. The van der Waals surface area contributed by atoms with Crippen LogP contribution >= 0.6 is 11.3 Å². The largest absolute Gasteiger partial charge is 0.396 e. The molecular formula is C9H16NO2S+. The molecule has 0 fully saturated rings. The second kappa shape index (κ2) is 5.32. The first-order valence-electron chi connectivity index (χ1n) is 4.35. The molecular weight excluding hydrogens is 186 g/mol. The average molecular weight is 202 g/mol. The predicted molar refractivity (Wildman–Crippen MR) is 51.9 cm³/mol. The Morgan fingerprint density at radius 3 is 3.00 bits per heavy atom. The molecule has 1 N–H and O–H groups in total. The van der Waals surface area contributed by atoms with Crippen LogP contribution in [0, 0.1) is 6.92 Å². The van der Waals surface area contributed by atoms with E-state index in [2.05, 4.69) is 17.0 Å². The molecule has 0 radical (unpaired) electrons. The maximum atomic E-state index is 8.80. The first-order chi connectivity index (χ1) is 6.29. The Kier molecular flexibility index (Phi) is 4.35. The molecule has 0 saturated carbocycles. The number of rotatable bonds is 5. The van der Waals surface area contributed by atoms with Crippen LogP contribution in [0.15, 0.2) is 5.51 Å². The van der Waals surface area contributed by atoms with Gasteiger partial charge in [0, 0.05) is 27.1 Å². The third-order valence-corrected chi connectivity index (χ3v) is 3.18. The molecule has 0 atom stereocenters. The Morgan fingerprint density at radius 2 is 2.38 bits per heavy atom. The molecule has 0 saturated heterocycles. The Balaban J connectivity index is 2.62. The first-order valence-corrected chi connectivity index (χ1v) is 5.23. The summed E-state index contributed by atoms with van der Waals surface area (Å²) in [6.45, 7) is 3.94. The first kappa shape index (κ1) is 10.6. The maximum Gasteiger partial charge on any atom is 0.225 e. The van der Waals surface area contributed by atoms with Gasteiger partial charge in [0.25, 0.3) is 0 Å². The van der Waals surface area contributed by atoms with Crippen molar-refractivity contribution in [2.24, 2.45) is 0 Å². The van der Waals surface area contributed by atoms with Crippen LogP contribution in [0.25, 0.3) is 0 Å². The number of hydrogen-bond acceptors (Lipinski definition) is 3. The minimum Gasteiger partial charge on any atom is -0.396 e. The molecule has 0 aliphatic carbocycles. The van der Waals surface area contributed by atoms with Crippen LogP contribution in [0.1, 0.15) is 10.6 Å². The summed E-state index contributed by atoms with van der Waals surface area (Å²) in [6.07, 6.45) is 0.760. The zero-order valence-corrected chi connectivity index (χ0v) is 8.93. The van der Waals surface area contributed by atoms with Crippen molar-refractivity contribution in [2.45, 2.75) is 19.9 Å². The summed E-state index contributed by atoms with van der Waals surface area (Å²) in [4.78, 5) is 1.26. The van der Waals surface area contributed by atoms with E-state index in [0.29, 0.717) is 0 Å². The SMILES string of the molecule is COCC[n+]1csc(CCO)c1C. The van der Waals surface area contributed by atoms with Crippen LogP contribution < -0.4 is 4.57 Å². The number of thiazole rings is 1. The fourth-order valence-corrected chi connectivity index (χ4v) is 2.22. The van der Waals surface area contributed by atoms with Crippen molar-refractivity contribution in [1.82, 2.24) is 0 Å². The van der Waals surface area contributed by atoms with Gasteiger partial charge < -0.3 is 9.84 Å². The smallest absolute Gasteiger partial charge is 0.225 e. The van der Waals surface area contributed by atoms with Crippen LogP contribution in [0.4, 0.5) is 0 Å². The molecule has 0 spiro atoms. The van der Waals surface area contributed by atoms with E-state index in [0.717, 1.165) is 19.6 Å². The summed E-state index contributed by atoms with van der Waals surface area (Å²) in [5.41, 5.74) is 3.33. The van der Waals surface area contributed by atoms with Crippen molar-refractivity contribution < 1.29 is 14.4 Å². The van der Waals surface area contributed by atoms with E-state index in [1.54, 1.807) is 18.4 Å². The van der Waals surface area contributed by atoms with Gasteiger partial charge >= 0.3 is 0 Å². The lowest BCUT2D eigenvalue weighted by molar-refractivity contribution is -0.699. The summed E-state index contributed by atoms with van der Waals surface area (Å²) >= 11 is 1.70. The highest BCUT2D eigenvalue weighted by atomic mass is 32.1. The van der Waals surface area contributed by atoms with Crippen molar-refractivity contribution >= 4 is 11.3 Å². The molecule has 0 aromatic carbocycles. The molecule has 74 valence electrons. The van der Waals surface area contributed by atoms with Gasteiger partial charge in [0.2, 0.25) is 5.51 Å². The Bertz CT molecular complexity index is 260. The van der Waals surface area contributed by atoms with Crippen LogP contribution in [0.3, 0.4) is 0 Å². The van der Waals surface area contributed by atoms with Crippen LogP contribution in [0.5, 0.6) is 0 Å². The van der Waals surface area contributed by atoms with E-state index >= 15 is 0 Å². The number of ether oxygens (including phenoxy) is 1. The van der Waals surface area contributed by atoms with E-state index in [-0.39, 0.29) is 6.61 Å². The molecule has 0 bridgehead atoms. The Morgan fingerprint density at radius 1 is 1.62 bits per heavy atom. The van der Waals surface area contributed by atoms with Gasteiger partial charge in [-0.1, -0.05) is 11.3 Å². The molecule has 1 aromatic heterocycles. The van der Waals surface area contributed by atoms with Gasteiger partial charge in [0.15, 0.2) is 12.2 Å². The number of hydrogen-bond donors (Lipinski definition) is 1. The van der Waals surface area contributed by atoms with E-state index in [9.17, 15) is 0 Å². The molecule has 13 heavy (non-hydrogen) atoms. The number of aliphatic hydroxyl groups excluding tert-OH is 1. The summed E-state index contributed by atoms with van der Waals surface area (Å²) < 4.78 is 7.17. The van der Waals surface area contributed by atoms with Crippen LogP contribution in [-0.4, -0.2) is 25.4 Å². The molecule has 1 aromatic rings. The van der Waals surface area contributed by atoms with Crippen molar-refractivity contribution in [2.75, 3.05) is 20.3 Å². The highest BCUT2D eigenvalue weighted by Crippen LogP contribution is 2.10. The van der Waals surface area contributed by atoms with Crippen LogP contribution in [-0.2, 0) is 17.7 Å². The second-order valence-corrected chi connectivity index (χ2v) is 3.83. The minimum absolute atomic E-state index is 0.228. The maximum absolute atomic E-state index is 8.80. The molecule has 0 unspecified atom stereocenters.